The van der Waals surface area contributed by atoms with Crippen molar-refractivity contribution in [1.82, 2.24) is 4.90 Å². The van der Waals surface area contributed by atoms with E-state index in [0.29, 0.717) is 37.6 Å². The predicted molar refractivity (Wildman–Crippen MR) is 139 cm³/mol. The number of sulfone groups is 1. The van der Waals surface area contributed by atoms with E-state index in [-0.39, 0.29) is 34.3 Å². The van der Waals surface area contributed by atoms with Gasteiger partial charge in [-0.3, -0.25) is 14.5 Å². The van der Waals surface area contributed by atoms with Gasteiger partial charge >= 0.3 is 0 Å². The second-order valence-electron chi connectivity index (χ2n) is 8.75. The zero-order valence-electron chi connectivity index (χ0n) is 20.2. The van der Waals surface area contributed by atoms with Gasteiger partial charge in [-0.15, -0.1) is 0 Å². The summed E-state index contributed by atoms with van der Waals surface area (Å²) >= 11 is 0. The van der Waals surface area contributed by atoms with Gasteiger partial charge in [0.25, 0.3) is 5.91 Å². The topological polar surface area (TPSA) is 124 Å². The minimum Gasteiger partial charge on any atom is -0.506 e. The van der Waals surface area contributed by atoms with Crippen molar-refractivity contribution in [3.8, 4) is 5.75 Å². The maximum atomic E-state index is 13.7. The molecule has 0 atom stereocenters. The van der Waals surface area contributed by atoms with E-state index in [0.717, 1.165) is 12.3 Å². The van der Waals surface area contributed by atoms with Gasteiger partial charge in [-0.25, -0.2) is 12.8 Å². The fourth-order valence-electron chi connectivity index (χ4n) is 4.21. The number of phenolic OH excluding ortho intramolecular Hbond substituents is 1. The highest BCUT2D eigenvalue weighted by molar-refractivity contribution is 7.90. The normalized spacial score (nSPS) is 13.9. The van der Waals surface area contributed by atoms with E-state index in [9.17, 15) is 27.5 Å². The number of piperazine rings is 1. The molecule has 1 saturated heterocycles. The number of nitrogens with two attached hydrogens (primary N) is 1. The number of hydrogen-bond donors (Lipinski definition) is 2. The van der Waals surface area contributed by atoms with Gasteiger partial charge in [0, 0.05) is 43.7 Å². The number of carbonyl (C=O) groups excluding carboxylic acids is 2. The van der Waals surface area contributed by atoms with Crippen molar-refractivity contribution in [2.24, 2.45) is 0 Å². The molecule has 3 N–H and O–H groups in total. The van der Waals surface area contributed by atoms with Gasteiger partial charge in [-0.1, -0.05) is 18.2 Å². The van der Waals surface area contributed by atoms with Crippen LogP contribution in [0.3, 0.4) is 0 Å². The summed E-state index contributed by atoms with van der Waals surface area (Å²) in [5, 5.41) is 9.71. The Hall–Kier alpha value is -4.12. The van der Waals surface area contributed by atoms with Crippen molar-refractivity contribution in [1.29, 1.82) is 0 Å². The van der Waals surface area contributed by atoms with Crippen LogP contribution in [0.4, 0.5) is 21.5 Å². The Morgan fingerprint density at radius 3 is 2.30 bits per heavy atom. The Kier molecular flexibility index (Phi) is 7.35. The molecule has 4 rings (SSSR count). The van der Waals surface area contributed by atoms with E-state index in [2.05, 4.69) is 0 Å². The molecule has 9 nitrogen and oxygen atoms in total. The summed E-state index contributed by atoms with van der Waals surface area (Å²) in [5.74, 6) is -1.52. The summed E-state index contributed by atoms with van der Waals surface area (Å²) in [7, 11) is -3.65. The lowest BCUT2D eigenvalue weighted by atomic mass is 10.1. The Bertz CT molecular complexity index is 1420. The van der Waals surface area contributed by atoms with Crippen molar-refractivity contribution in [2.75, 3.05) is 54.5 Å². The molecule has 1 aliphatic heterocycles. The smallest absolute Gasteiger partial charge is 0.258 e. The fraction of sp³-hybridized carbons (Fsp3) is 0.231. The van der Waals surface area contributed by atoms with Crippen LogP contribution in [0.5, 0.6) is 5.75 Å². The van der Waals surface area contributed by atoms with Crippen LogP contribution in [0.1, 0.15) is 10.4 Å². The largest absolute Gasteiger partial charge is 0.506 e. The van der Waals surface area contributed by atoms with E-state index in [1.54, 1.807) is 40.1 Å². The van der Waals surface area contributed by atoms with E-state index in [4.69, 9.17) is 5.73 Å². The third-order valence-corrected chi connectivity index (χ3v) is 7.30. The van der Waals surface area contributed by atoms with Crippen LogP contribution in [0.25, 0.3) is 0 Å². The molecule has 1 aliphatic rings. The first-order chi connectivity index (χ1) is 17.5. The molecule has 1 heterocycles. The molecule has 0 bridgehead atoms. The molecule has 194 valence electrons. The van der Waals surface area contributed by atoms with Crippen LogP contribution < -0.4 is 15.5 Å². The van der Waals surface area contributed by atoms with Crippen molar-refractivity contribution in [3.63, 3.8) is 0 Å². The number of rotatable bonds is 6. The summed E-state index contributed by atoms with van der Waals surface area (Å²) in [4.78, 5) is 31.3. The van der Waals surface area contributed by atoms with E-state index >= 15 is 0 Å². The highest BCUT2D eigenvalue weighted by Crippen LogP contribution is 2.28. The maximum Gasteiger partial charge on any atom is 0.258 e. The van der Waals surface area contributed by atoms with Gasteiger partial charge in [0.2, 0.25) is 5.91 Å². The standard InChI is InChI=1S/C26H27FN4O5S/c1-37(35,36)24-16-19(27)8-9-22(24)29-11-13-30(14-12-29)25(33)17-31(20-5-3-2-4-6-20)26(34)18-7-10-23(32)21(28)15-18/h2-10,15-16,32H,11-14,17,28H2,1H3. The van der Waals surface area contributed by atoms with E-state index in [1.807, 2.05) is 0 Å². The number of carbonyl (C=O) groups is 2. The van der Waals surface area contributed by atoms with Crippen molar-refractivity contribution >= 4 is 38.7 Å². The first-order valence-corrected chi connectivity index (χ1v) is 13.4. The highest BCUT2D eigenvalue weighted by Gasteiger charge is 2.28. The fourth-order valence-corrected chi connectivity index (χ4v) is 5.11. The van der Waals surface area contributed by atoms with E-state index in [1.165, 1.54) is 35.2 Å². The van der Waals surface area contributed by atoms with Crippen LogP contribution in [-0.4, -0.2) is 69.2 Å². The molecule has 0 radical (unpaired) electrons. The lowest BCUT2D eigenvalue weighted by molar-refractivity contribution is -0.129. The Labute approximate surface area is 214 Å². The second-order valence-corrected chi connectivity index (χ2v) is 10.7. The SMILES string of the molecule is CS(=O)(=O)c1cc(F)ccc1N1CCN(C(=O)CN(C(=O)c2ccc(O)c(N)c2)c2ccccc2)CC1. The number of nitrogens with zero attached hydrogens (tertiary/aromatic N) is 3. The molecule has 0 aromatic heterocycles. The number of benzene rings is 3. The van der Waals surface area contributed by atoms with Crippen molar-refractivity contribution < 1.29 is 27.5 Å². The van der Waals surface area contributed by atoms with Crippen LogP contribution in [-0.2, 0) is 14.6 Å². The predicted octanol–water partition coefficient (Wildman–Crippen LogP) is 2.51. The molecular formula is C26H27FN4O5S. The quantitative estimate of drug-likeness (QED) is 0.374. The lowest BCUT2D eigenvalue weighted by Gasteiger charge is -2.37. The first-order valence-electron chi connectivity index (χ1n) is 11.5. The number of para-hydroxylation sites is 1. The number of anilines is 3. The number of nitrogen functional groups attached to an aromatic ring is 1. The maximum absolute atomic E-state index is 13.7. The molecule has 2 amide bonds. The number of hydrogen-bond acceptors (Lipinski definition) is 7. The minimum absolute atomic E-state index is 0.0515. The van der Waals surface area contributed by atoms with Gasteiger partial charge in [0.15, 0.2) is 9.84 Å². The Morgan fingerprint density at radius 2 is 1.68 bits per heavy atom. The van der Waals surface area contributed by atoms with Gasteiger partial charge in [0.05, 0.1) is 16.3 Å². The van der Waals surface area contributed by atoms with Crippen molar-refractivity contribution in [2.45, 2.75) is 4.90 Å². The number of aromatic hydroxyl groups is 1. The molecule has 3 aromatic carbocycles. The first kappa shape index (κ1) is 26.0. The summed E-state index contributed by atoms with van der Waals surface area (Å²) < 4.78 is 38.1. The van der Waals surface area contributed by atoms with E-state index < -0.39 is 21.6 Å². The molecule has 0 aliphatic carbocycles. The lowest BCUT2D eigenvalue weighted by Crippen LogP contribution is -2.52. The average Bonchev–Trinajstić information content (AvgIpc) is 2.88. The number of halogens is 1. The minimum atomic E-state index is -3.65. The van der Waals surface area contributed by atoms with Crippen LogP contribution >= 0.6 is 0 Å². The summed E-state index contributed by atoms with van der Waals surface area (Å²) in [5.41, 5.74) is 6.95. The van der Waals surface area contributed by atoms with Gasteiger partial charge in [-0.05, 0) is 48.5 Å². The zero-order chi connectivity index (χ0) is 26.7. The summed E-state index contributed by atoms with van der Waals surface area (Å²) in [6, 6.07) is 16.5. The molecule has 0 unspecified atom stereocenters. The van der Waals surface area contributed by atoms with Crippen molar-refractivity contribution in [3.05, 3.63) is 78.1 Å². The molecule has 0 spiro atoms. The molecular weight excluding hydrogens is 499 g/mol. The zero-order valence-corrected chi connectivity index (χ0v) is 21.0. The molecule has 11 heteroatoms. The van der Waals surface area contributed by atoms with Crippen LogP contribution in [0, 0.1) is 5.82 Å². The monoisotopic (exact) mass is 526 g/mol. The number of amides is 2. The molecule has 1 fully saturated rings. The van der Waals surface area contributed by atoms with Crippen LogP contribution in [0.15, 0.2) is 71.6 Å². The third kappa shape index (κ3) is 5.83. The summed E-state index contributed by atoms with van der Waals surface area (Å²) in [6.45, 7) is 1.04. The van der Waals surface area contributed by atoms with Gasteiger partial charge < -0.3 is 20.6 Å². The highest BCUT2D eigenvalue weighted by atomic mass is 32.2. The molecule has 0 saturated carbocycles. The average molecular weight is 527 g/mol. The van der Waals surface area contributed by atoms with Crippen LogP contribution in [0.2, 0.25) is 0 Å². The Balaban J connectivity index is 1.50. The second kappa shape index (κ2) is 10.5. The van der Waals surface area contributed by atoms with Gasteiger partial charge in [-0.2, -0.15) is 0 Å². The third-order valence-electron chi connectivity index (χ3n) is 6.18. The Morgan fingerprint density at radius 1 is 1.00 bits per heavy atom. The van der Waals surface area contributed by atoms with Gasteiger partial charge in [0.1, 0.15) is 18.1 Å². The molecule has 37 heavy (non-hydrogen) atoms. The summed E-state index contributed by atoms with van der Waals surface area (Å²) in [6.07, 6.45) is 1.03. The number of phenols is 1. The molecule has 3 aromatic rings.